The fourth-order valence-corrected chi connectivity index (χ4v) is 3.28. The predicted octanol–water partition coefficient (Wildman–Crippen LogP) is 5.00. The van der Waals surface area contributed by atoms with Crippen molar-refractivity contribution in [3.05, 3.63) is 66.2 Å². The molecule has 4 nitrogen and oxygen atoms in total. The lowest BCUT2D eigenvalue weighted by molar-refractivity contribution is -0.137. The van der Waals surface area contributed by atoms with Crippen molar-refractivity contribution in [1.29, 1.82) is 0 Å². The summed E-state index contributed by atoms with van der Waals surface area (Å²) in [5.74, 6) is 1.25. The number of carbonyl (C=O) groups is 1. The van der Waals surface area contributed by atoms with Gasteiger partial charge in [0.25, 0.3) is 0 Å². The van der Waals surface area contributed by atoms with Crippen molar-refractivity contribution in [1.82, 2.24) is 9.97 Å². The minimum absolute atomic E-state index is 0.224. The van der Waals surface area contributed by atoms with Crippen molar-refractivity contribution >= 4 is 11.6 Å². The third-order valence-corrected chi connectivity index (χ3v) is 4.90. The molecule has 0 unspecified atom stereocenters. The molecule has 1 aliphatic heterocycles. The molecule has 0 atom stereocenters. The Morgan fingerprint density at radius 3 is 2.10 bits per heavy atom. The molecule has 0 bridgehead atoms. The lowest BCUT2D eigenvalue weighted by Gasteiger charge is -2.27. The van der Waals surface area contributed by atoms with Gasteiger partial charge >= 0.3 is 6.18 Å². The van der Waals surface area contributed by atoms with Gasteiger partial charge in [-0.1, -0.05) is 42.5 Å². The summed E-state index contributed by atoms with van der Waals surface area (Å²) in [5, 5.41) is 0. The Hall–Kier alpha value is -3.22. The highest BCUT2D eigenvalue weighted by molar-refractivity contribution is 5.81. The summed E-state index contributed by atoms with van der Waals surface area (Å²) in [6.45, 7) is 1.13. The molecule has 2 aromatic carbocycles. The maximum Gasteiger partial charge on any atom is 0.416 e. The molecule has 0 N–H and O–H groups in total. The van der Waals surface area contributed by atoms with Gasteiger partial charge in [0.1, 0.15) is 11.6 Å². The highest BCUT2D eigenvalue weighted by Crippen LogP contribution is 2.32. The SMILES string of the molecule is O=C1CCN(c2cc(-c3ccccc3)nc(-c3ccc(C(F)(F)F)cc3)n2)CC1. The zero-order chi connectivity index (χ0) is 20.4. The van der Waals surface area contributed by atoms with Crippen LogP contribution in [0.1, 0.15) is 18.4 Å². The van der Waals surface area contributed by atoms with Gasteiger partial charge in [-0.2, -0.15) is 13.2 Å². The van der Waals surface area contributed by atoms with Gasteiger partial charge < -0.3 is 4.90 Å². The lowest BCUT2D eigenvalue weighted by Crippen LogP contribution is -2.34. The number of Topliss-reactive ketones (excluding diaryl/α,β-unsaturated/α-hetero) is 1. The normalized spacial score (nSPS) is 14.9. The van der Waals surface area contributed by atoms with E-state index in [2.05, 4.69) is 9.97 Å². The number of piperidine rings is 1. The number of ketones is 1. The summed E-state index contributed by atoms with van der Waals surface area (Å²) in [7, 11) is 0. The number of anilines is 1. The first kappa shape index (κ1) is 19.1. The second-order valence-corrected chi connectivity index (χ2v) is 6.90. The van der Waals surface area contributed by atoms with Gasteiger partial charge in [-0.25, -0.2) is 9.97 Å². The van der Waals surface area contributed by atoms with Crippen LogP contribution in [0.3, 0.4) is 0 Å². The molecule has 0 amide bonds. The monoisotopic (exact) mass is 397 g/mol. The number of aromatic nitrogens is 2. The zero-order valence-corrected chi connectivity index (χ0v) is 15.5. The van der Waals surface area contributed by atoms with E-state index in [1.54, 1.807) is 0 Å². The Bertz CT molecular complexity index is 1010. The zero-order valence-electron chi connectivity index (χ0n) is 15.5. The Labute approximate surface area is 166 Å². The van der Waals surface area contributed by atoms with E-state index in [-0.39, 0.29) is 5.78 Å². The van der Waals surface area contributed by atoms with E-state index in [1.165, 1.54) is 12.1 Å². The summed E-state index contributed by atoms with van der Waals surface area (Å²) in [4.78, 5) is 22.8. The van der Waals surface area contributed by atoms with Gasteiger partial charge in [-0.15, -0.1) is 0 Å². The smallest absolute Gasteiger partial charge is 0.356 e. The third-order valence-electron chi connectivity index (χ3n) is 4.90. The van der Waals surface area contributed by atoms with Crippen LogP contribution in [0.25, 0.3) is 22.6 Å². The van der Waals surface area contributed by atoms with E-state index in [0.717, 1.165) is 17.7 Å². The van der Waals surface area contributed by atoms with Crippen LogP contribution in [-0.2, 0) is 11.0 Å². The predicted molar refractivity (Wildman–Crippen MR) is 104 cm³/mol. The Balaban J connectivity index is 1.76. The largest absolute Gasteiger partial charge is 0.416 e. The average molecular weight is 397 g/mol. The molecular weight excluding hydrogens is 379 g/mol. The fraction of sp³-hybridized carbons (Fsp3) is 0.227. The number of nitrogens with zero attached hydrogens (tertiary/aromatic N) is 3. The number of benzene rings is 2. The summed E-state index contributed by atoms with van der Waals surface area (Å²) in [6, 6.07) is 16.2. The van der Waals surface area contributed by atoms with Gasteiger partial charge in [0.05, 0.1) is 11.3 Å². The maximum atomic E-state index is 12.9. The Kier molecular flexibility index (Phi) is 5.05. The van der Waals surface area contributed by atoms with Crippen molar-refractivity contribution in [2.45, 2.75) is 19.0 Å². The first-order valence-corrected chi connectivity index (χ1v) is 9.29. The molecule has 7 heteroatoms. The van der Waals surface area contributed by atoms with Crippen molar-refractivity contribution in [2.24, 2.45) is 0 Å². The number of hydrogen-bond acceptors (Lipinski definition) is 4. The molecule has 0 spiro atoms. The van der Waals surface area contributed by atoms with E-state index in [1.807, 2.05) is 41.3 Å². The molecular formula is C22H18F3N3O. The number of carbonyl (C=O) groups excluding carboxylic acids is 1. The van der Waals surface area contributed by atoms with Gasteiger partial charge in [-0.05, 0) is 12.1 Å². The van der Waals surface area contributed by atoms with E-state index in [0.29, 0.717) is 48.8 Å². The molecule has 1 fully saturated rings. The molecule has 1 saturated heterocycles. The Morgan fingerprint density at radius 2 is 1.48 bits per heavy atom. The Morgan fingerprint density at radius 1 is 0.828 bits per heavy atom. The summed E-state index contributed by atoms with van der Waals surface area (Å²) in [6.07, 6.45) is -3.47. The van der Waals surface area contributed by atoms with Crippen molar-refractivity contribution in [3.63, 3.8) is 0 Å². The first-order chi connectivity index (χ1) is 13.9. The minimum atomic E-state index is -4.39. The van der Waals surface area contributed by atoms with Crippen LogP contribution < -0.4 is 4.90 Å². The van der Waals surface area contributed by atoms with Gasteiger partial charge in [0.2, 0.25) is 0 Å². The van der Waals surface area contributed by atoms with Crippen LogP contribution in [0, 0.1) is 0 Å². The van der Waals surface area contributed by atoms with Gasteiger partial charge in [0.15, 0.2) is 5.82 Å². The van der Waals surface area contributed by atoms with Crippen LogP contribution in [0.5, 0.6) is 0 Å². The second kappa shape index (κ2) is 7.66. The standard InChI is InChI=1S/C22H18F3N3O/c23-22(24,25)17-8-6-16(7-9-17)21-26-19(15-4-2-1-3-5-15)14-20(27-21)28-12-10-18(29)11-13-28/h1-9,14H,10-13H2. The molecule has 1 aliphatic rings. The van der Waals surface area contributed by atoms with Crippen molar-refractivity contribution < 1.29 is 18.0 Å². The summed E-state index contributed by atoms with van der Waals surface area (Å²) in [5.41, 5.74) is 1.36. The number of alkyl halides is 3. The lowest BCUT2D eigenvalue weighted by atomic mass is 10.1. The minimum Gasteiger partial charge on any atom is -0.356 e. The van der Waals surface area contributed by atoms with Crippen LogP contribution in [0.4, 0.5) is 19.0 Å². The van der Waals surface area contributed by atoms with Crippen LogP contribution >= 0.6 is 0 Å². The maximum absolute atomic E-state index is 12.9. The molecule has 29 heavy (non-hydrogen) atoms. The van der Waals surface area contributed by atoms with Gasteiger partial charge in [-0.3, -0.25) is 4.79 Å². The third kappa shape index (κ3) is 4.29. The highest BCUT2D eigenvalue weighted by atomic mass is 19.4. The average Bonchev–Trinajstić information content (AvgIpc) is 2.74. The van der Waals surface area contributed by atoms with E-state index >= 15 is 0 Å². The highest BCUT2D eigenvalue weighted by Gasteiger charge is 2.30. The molecule has 0 radical (unpaired) electrons. The summed E-state index contributed by atoms with van der Waals surface area (Å²) < 4.78 is 38.6. The molecule has 2 heterocycles. The second-order valence-electron chi connectivity index (χ2n) is 6.90. The quantitative estimate of drug-likeness (QED) is 0.624. The number of halogens is 3. The molecule has 0 saturated carbocycles. The van der Waals surface area contributed by atoms with Crippen molar-refractivity contribution in [2.75, 3.05) is 18.0 Å². The molecule has 0 aliphatic carbocycles. The van der Waals surface area contributed by atoms with Crippen LogP contribution in [-0.4, -0.2) is 28.8 Å². The fourth-order valence-electron chi connectivity index (χ4n) is 3.28. The number of rotatable bonds is 3. The van der Waals surface area contributed by atoms with Gasteiger partial charge in [0, 0.05) is 43.1 Å². The number of hydrogen-bond donors (Lipinski definition) is 0. The van der Waals surface area contributed by atoms with E-state index in [4.69, 9.17) is 0 Å². The van der Waals surface area contributed by atoms with E-state index in [9.17, 15) is 18.0 Å². The molecule has 148 valence electrons. The van der Waals surface area contributed by atoms with Crippen molar-refractivity contribution in [3.8, 4) is 22.6 Å². The molecule has 4 rings (SSSR count). The topological polar surface area (TPSA) is 46.1 Å². The van der Waals surface area contributed by atoms with Crippen LogP contribution in [0.15, 0.2) is 60.7 Å². The van der Waals surface area contributed by atoms with E-state index < -0.39 is 11.7 Å². The van der Waals surface area contributed by atoms with Crippen LogP contribution in [0.2, 0.25) is 0 Å². The molecule has 1 aromatic heterocycles. The summed E-state index contributed by atoms with van der Waals surface area (Å²) >= 11 is 0. The molecule has 3 aromatic rings. The first-order valence-electron chi connectivity index (χ1n) is 9.29.